The summed E-state index contributed by atoms with van der Waals surface area (Å²) in [5.41, 5.74) is 1.49. The van der Waals surface area contributed by atoms with Gasteiger partial charge in [-0.25, -0.2) is 21.8 Å². The number of thiazole rings is 1. The first kappa shape index (κ1) is 22.8. The van der Waals surface area contributed by atoms with Gasteiger partial charge >= 0.3 is 0 Å². The van der Waals surface area contributed by atoms with E-state index in [1.807, 2.05) is 25.1 Å². The van der Waals surface area contributed by atoms with Crippen LogP contribution in [0.25, 0.3) is 10.2 Å². The molecule has 11 heteroatoms. The molecule has 1 saturated heterocycles. The molecule has 0 spiro atoms. The van der Waals surface area contributed by atoms with Gasteiger partial charge in [-0.15, -0.1) is 11.3 Å². The number of nitrogens with zero attached hydrogens (tertiary/aromatic N) is 2. The molecular weight excluding hydrogens is 470 g/mol. The molecule has 170 valence electrons. The van der Waals surface area contributed by atoms with Crippen LogP contribution in [0.4, 0.5) is 5.69 Å². The van der Waals surface area contributed by atoms with E-state index in [1.54, 1.807) is 11.3 Å². The number of aromatic nitrogens is 1. The van der Waals surface area contributed by atoms with Gasteiger partial charge in [0.25, 0.3) is 0 Å². The Morgan fingerprint density at radius 3 is 2.38 bits per heavy atom. The summed E-state index contributed by atoms with van der Waals surface area (Å²) in [6, 6.07) is 11.2. The Kier molecular flexibility index (Phi) is 6.10. The molecule has 1 aliphatic heterocycles. The minimum Gasteiger partial charge on any atom is -0.326 e. The van der Waals surface area contributed by atoms with Gasteiger partial charge in [0.1, 0.15) is 4.90 Å². The second-order valence-electron chi connectivity index (χ2n) is 7.80. The minimum atomic E-state index is -3.99. The third kappa shape index (κ3) is 4.56. The Morgan fingerprint density at radius 1 is 1.06 bits per heavy atom. The lowest BCUT2D eigenvalue weighted by Gasteiger charge is -2.31. The number of hydrogen-bond acceptors (Lipinski definition) is 7. The van der Waals surface area contributed by atoms with E-state index in [1.165, 1.54) is 28.6 Å². The lowest BCUT2D eigenvalue weighted by Crippen LogP contribution is -2.41. The molecule has 1 N–H and O–H groups in total. The van der Waals surface area contributed by atoms with Gasteiger partial charge in [-0.3, -0.25) is 4.79 Å². The number of nitrogens with one attached hydrogen (secondary N) is 1. The number of carbonyl (C=O) groups is 1. The standard InChI is InChI=1S/C21H23N3O5S3/c1-14-22-17-13-16(7-8-18(17)30-14)23-21(25)15-9-11-24(12-10-15)32(28,29)20-6-4-3-5-19(20)31(2,26)27/h3-8,13,15H,9-12H2,1-2H3,(H,23,25). The van der Waals surface area contributed by atoms with Crippen LogP contribution in [0.2, 0.25) is 0 Å². The first-order valence-corrected chi connectivity index (χ1v) is 14.2. The Morgan fingerprint density at radius 2 is 1.72 bits per heavy atom. The molecule has 4 rings (SSSR count). The van der Waals surface area contributed by atoms with Gasteiger partial charge < -0.3 is 5.32 Å². The van der Waals surface area contributed by atoms with Gasteiger partial charge in [0.2, 0.25) is 15.9 Å². The summed E-state index contributed by atoms with van der Waals surface area (Å²) in [4.78, 5) is 16.7. The number of anilines is 1. The number of rotatable bonds is 5. The maximum atomic E-state index is 13.1. The number of fused-ring (bicyclic) bond motifs is 1. The predicted octanol–water partition coefficient (Wildman–Crippen LogP) is 3.05. The highest BCUT2D eigenvalue weighted by Gasteiger charge is 2.34. The fraction of sp³-hybridized carbons (Fsp3) is 0.333. The molecule has 0 radical (unpaired) electrons. The van der Waals surface area contributed by atoms with E-state index in [-0.39, 0.29) is 34.7 Å². The van der Waals surface area contributed by atoms with Gasteiger partial charge in [0, 0.05) is 31.0 Å². The third-order valence-corrected chi connectivity index (χ3v) is 9.65. The number of aryl methyl sites for hydroxylation is 1. The van der Waals surface area contributed by atoms with Crippen LogP contribution in [0.15, 0.2) is 52.3 Å². The third-order valence-electron chi connectivity index (χ3n) is 5.45. The zero-order valence-electron chi connectivity index (χ0n) is 17.6. The Hall–Kier alpha value is -2.34. The molecule has 8 nitrogen and oxygen atoms in total. The molecule has 1 aromatic heterocycles. The second kappa shape index (κ2) is 8.54. The number of sulfone groups is 1. The molecule has 0 unspecified atom stereocenters. The van der Waals surface area contributed by atoms with Gasteiger partial charge in [-0.2, -0.15) is 4.31 Å². The molecule has 0 aliphatic carbocycles. The molecule has 2 aromatic carbocycles. The first-order chi connectivity index (χ1) is 15.1. The zero-order chi connectivity index (χ0) is 23.1. The van der Waals surface area contributed by atoms with Crippen LogP contribution in [-0.4, -0.2) is 51.4 Å². The lowest BCUT2D eigenvalue weighted by molar-refractivity contribution is -0.120. The summed E-state index contributed by atoms with van der Waals surface area (Å²) in [6.45, 7) is 2.21. The van der Waals surface area contributed by atoms with Crippen LogP contribution in [0, 0.1) is 12.8 Å². The quantitative estimate of drug-likeness (QED) is 0.584. The number of amides is 1. The Labute approximate surface area is 191 Å². The van der Waals surface area contributed by atoms with E-state index in [4.69, 9.17) is 0 Å². The minimum absolute atomic E-state index is 0.142. The average molecular weight is 494 g/mol. The van der Waals surface area contributed by atoms with Crippen LogP contribution in [0.5, 0.6) is 0 Å². The number of carbonyl (C=O) groups excluding carboxylic acids is 1. The van der Waals surface area contributed by atoms with Crippen molar-refractivity contribution in [2.75, 3.05) is 24.7 Å². The maximum Gasteiger partial charge on any atom is 0.244 e. The molecule has 0 saturated carbocycles. The smallest absolute Gasteiger partial charge is 0.244 e. The van der Waals surface area contributed by atoms with Crippen molar-refractivity contribution < 1.29 is 21.6 Å². The number of hydrogen-bond donors (Lipinski definition) is 1. The molecule has 2 heterocycles. The van der Waals surface area contributed by atoms with E-state index >= 15 is 0 Å². The van der Waals surface area contributed by atoms with Crippen LogP contribution in [-0.2, 0) is 24.7 Å². The monoisotopic (exact) mass is 493 g/mol. The van der Waals surface area contributed by atoms with E-state index in [9.17, 15) is 21.6 Å². The highest BCUT2D eigenvalue weighted by Crippen LogP contribution is 2.29. The normalized spacial score (nSPS) is 16.3. The van der Waals surface area contributed by atoms with Crippen LogP contribution in [0.1, 0.15) is 17.8 Å². The van der Waals surface area contributed by atoms with E-state index in [0.29, 0.717) is 18.5 Å². The van der Waals surface area contributed by atoms with E-state index in [0.717, 1.165) is 21.5 Å². The lowest BCUT2D eigenvalue weighted by atomic mass is 9.97. The molecular formula is C21H23N3O5S3. The largest absolute Gasteiger partial charge is 0.326 e. The maximum absolute atomic E-state index is 13.1. The Balaban J connectivity index is 1.45. The SMILES string of the molecule is Cc1nc2cc(NC(=O)C3CCN(S(=O)(=O)c4ccccc4S(C)(=O)=O)CC3)ccc2s1. The van der Waals surface area contributed by atoms with Crippen molar-refractivity contribution in [1.29, 1.82) is 0 Å². The number of piperidine rings is 1. The predicted molar refractivity (Wildman–Crippen MR) is 124 cm³/mol. The summed E-state index contributed by atoms with van der Waals surface area (Å²) >= 11 is 1.59. The van der Waals surface area contributed by atoms with Crippen molar-refractivity contribution >= 4 is 53.0 Å². The molecule has 1 fully saturated rings. The van der Waals surface area contributed by atoms with Crippen molar-refractivity contribution in [3.8, 4) is 0 Å². The van der Waals surface area contributed by atoms with Crippen LogP contribution < -0.4 is 5.32 Å². The summed E-state index contributed by atoms with van der Waals surface area (Å²) < 4.78 is 52.6. The second-order valence-corrected chi connectivity index (χ2v) is 12.9. The van der Waals surface area contributed by atoms with Gasteiger partial charge in [-0.05, 0) is 50.1 Å². The highest BCUT2D eigenvalue weighted by atomic mass is 32.2. The van der Waals surface area contributed by atoms with Crippen molar-refractivity contribution in [3.63, 3.8) is 0 Å². The topological polar surface area (TPSA) is 114 Å². The number of sulfonamides is 1. The van der Waals surface area contributed by atoms with E-state index in [2.05, 4.69) is 10.3 Å². The fourth-order valence-electron chi connectivity index (χ4n) is 3.83. The molecule has 0 atom stereocenters. The van der Waals surface area contributed by atoms with Crippen molar-refractivity contribution in [3.05, 3.63) is 47.5 Å². The molecule has 0 bridgehead atoms. The van der Waals surface area contributed by atoms with Crippen molar-refractivity contribution in [2.45, 2.75) is 29.6 Å². The van der Waals surface area contributed by atoms with E-state index < -0.39 is 19.9 Å². The number of benzene rings is 2. The molecule has 3 aromatic rings. The fourth-order valence-corrected chi connectivity index (χ4v) is 7.71. The summed E-state index contributed by atoms with van der Waals surface area (Å²) in [6.07, 6.45) is 1.69. The van der Waals surface area contributed by atoms with Crippen molar-refractivity contribution in [1.82, 2.24) is 9.29 Å². The summed E-state index contributed by atoms with van der Waals surface area (Å²) in [7, 11) is -7.69. The molecule has 1 aliphatic rings. The zero-order valence-corrected chi connectivity index (χ0v) is 20.1. The van der Waals surface area contributed by atoms with Crippen molar-refractivity contribution in [2.24, 2.45) is 5.92 Å². The first-order valence-electron chi connectivity index (χ1n) is 10.0. The summed E-state index contributed by atoms with van der Waals surface area (Å²) in [5, 5.41) is 3.86. The molecule has 1 amide bonds. The van der Waals surface area contributed by atoms with Crippen LogP contribution in [0.3, 0.4) is 0 Å². The average Bonchev–Trinajstić information content (AvgIpc) is 3.12. The Bertz CT molecular complexity index is 1390. The summed E-state index contributed by atoms with van der Waals surface area (Å²) in [5.74, 6) is -0.496. The van der Waals surface area contributed by atoms with Gasteiger partial charge in [0.15, 0.2) is 9.84 Å². The van der Waals surface area contributed by atoms with Crippen LogP contribution >= 0.6 is 11.3 Å². The van der Waals surface area contributed by atoms with Gasteiger partial charge in [0.05, 0.1) is 20.1 Å². The van der Waals surface area contributed by atoms with Gasteiger partial charge in [-0.1, -0.05) is 12.1 Å². The molecule has 32 heavy (non-hydrogen) atoms. The highest BCUT2D eigenvalue weighted by molar-refractivity contribution is 7.93.